The first kappa shape index (κ1) is 20.1. The highest BCUT2D eigenvalue weighted by atomic mass is 16.3. The monoisotopic (exact) mass is 407 g/mol. The van der Waals surface area contributed by atoms with Crippen molar-refractivity contribution in [2.75, 3.05) is 26.2 Å². The van der Waals surface area contributed by atoms with E-state index >= 15 is 0 Å². The Morgan fingerprint density at radius 1 is 1.10 bits per heavy atom. The zero-order chi connectivity index (χ0) is 21.0. The van der Waals surface area contributed by atoms with E-state index < -0.39 is 5.60 Å². The summed E-state index contributed by atoms with van der Waals surface area (Å²) < 4.78 is 1.69. The van der Waals surface area contributed by atoms with Gasteiger partial charge in [-0.25, -0.2) is 0 Å². The number of carbonyl (C=O) groups excluding carboxylic acids is 1. The van der Waals surface area contributed by atoms with Crippen LogP contribution < -0.4 is 5.56 Å². The van der Waals surface area contributed by atoms with Gasteiger partial charge in [-0.05, 0) is 17.7 Å². The standard InChI is InChI=1S/C22H25N5O3/c28-20-8-7-19(13-23-20)21(29)26-12-11-25(14-18-5-2-1-3-6-18)15-22(30,16-26)17-27-10-4-9-24-27/h1-10,13,30H,11-12,14-17H2,(H,23,28)/t22-/m0/s1. The molecule has 156 valence electrons. The van der Waals surface area contributed by atoms with Crippen LogP contribution in [0.3, 0.4) is 0 Å². The maximum Gasteiger partial charge on any atom is 0.255 e. The van der Waals surface area contributed by atoms with Gasteiger partial charge in [0, 0.05) is 50.8 Å². The summed E-state index contributed by atoms with van der Waals surface area (Å²) in [6.07, 6.45) is 4.90. The lowest BCUT2D eigenvalue weighted by Crippen LogP contribution is -2.51. The van der Waals surface area contributed by atoms with Gasteiger partial charge < -0.3 is 15.0 Å². The number of nitrogens with zero attached hydrogens (tertiary/aromatic N) is 4. The molecule has 1 amide bonds. The molecule has 1 aliphatic heterocycles. The average Bonchev–Trinajstić information content (AvgIpc) is 3.18. The molecular formula is C22H25N5O3. The number of nitrogens with one attached hydrogen (secondary N) is 1. The van der Waals surface area contributed by atoms with Gasteiger partial charge in [0.25, 0.3) is 5.91 Å². The number of aromatic nitrogens is 3. The van der Waals surface area contributed by atoms with Gasteiger partial charge in [0.05, 0.1) is 18.7 Å². The molecule has 1 aliphatic rings. The van der Waals surface area contributed by atoms with Crippen molar-refractivity contribution in [2.24, 2.45) is 0 Å². The van der Waals surface area contributed by atoms with Crippen molar-refractivity contribution in [2.45, 2.75) is 18.7 Å². The van der Waals surface area contributed by atoms with E-state index in [1.165, 1.54) is 18.3 Å². The molecule has 8 heteroatoms. The van der Waals surface area contributed by atoms with Crippen LogP contribution >= 0.6 is 0 Å². The van der Waals surface area contributed by atoms with Crippen LogP contribution in [0.1, 0.15) is 15.9 Å². The van der Waals surface area contributed by atoms with E-state index in [9.17, 15) is 14.7 Å². The lowest BCUT2D eigenvalue weighted by Gasteiger charge is -2.33. The van der Waals surface area contributed by atoms with E-state index in [1.807, 2.05) is 24.3 Å². The summed E-state index contributed by atoms with van der Waals surface area (Å²) in [6.45, 7) is 2.66. The van der Waals surface area contributed by atoms with E-state index in [1.54, 1.807) is 22.0 Å². The first-order valence-corrected chi connectivity index (χ1v) is 9.95. The van der Waals surface area contributed by atoms with E-state index in [4.69, 9.17) is 0 Å². The molecule has 1 saturated heterocycles. The highest BCUT2D eigenvalue weighted by molar-refractivity contribution is 5.94. The Morgan fingerprint density at radius 3 is 2.63 bits per heavy atom. The summed E-state index contributed by atoms with van der Waals surface area (Å²) in [7, 11) is 0. The Hall–Kier alpha value is -3.23. The van der Waals surface area contributed by atoms with Crippen LogP contribution in [0.5, 0.6) is 0 Å². The molecule has 30 heavy (non-hydrogen) atoms. The van der Waals surface area contributed by atoms with Crippen LogP contribution in [0.25, 0.3) is 0 Å². The van der Waals surface area contributed by atoms with Crippen LogP contribution in [0.2, 0.25) is 0 Å². The number of hydrogen-bond acceptors (Lipinski definition) is 5. The van der Waals surface area contributed by atoms with Gasteiger partial charge in [0.1, 0.15) is 5.60 Å². The Kier molecular flexibility index (Phi) is 5.78. The maximum absolute atomic E-state index is 13.1. The molecule has 1 aromatic carbocycles. The number of H-pyrrole nitrogens is 1. The molecule has 0 unspecified atom stereocenters. The first-order chi connectivity index (χ1) is 14.5. The SMILES string of the molecule is O=C(c1ccc(=O)[nH]c1)N1CCN(Cc2ccccc2)C[C@@](O)(Cn2cccn2)C1. The zero-order valence-corrected chi connectivity index (χ0v) is 16.6. The number of amides is 1. The molecule has 8 nitrogen and oxygen atoms in total. The van der Waals surface area contributed by atoms with Gasteiger partial charge >= 0.3 is 0 Å². The van der Waals surface area contributed by atoms with E-state index in [2.05, 4.69) is 27.1 Å². The van der Waals surface area contributed by atoms with Crippen molar-refractivity contribution in [1.29, 1.82) is 0 Å². The number of aliphatic hydroxyl groups is 1. The summed E-state index contributed by atoms with van der Waals surface area (Å²) in [6, 6.07) is 14.7. The van der Waals surface area contributed by atoms with Crippen LogP contribution in [0, 0.1) is 0 Å². The number of pyridine rings is 1. The van der Waals surface area contributed by atoms with Crippen molar-refractivity contribution in [3.63, 3.8) is 0 Å². The minimum atomic E-state index is -1.17. The first-order valence-electron chi connectivity index (χ1n) is 9.95. The fourth-order valence-corrected chi connectivity index (χ4v) is 3.91. The van der Waals surface area contributed by atoms with Crippen molar-refractivity contribution in [3.8, 4) is 0 Å². The molecule has 2 N–H and O–H groups in total. The van der Waals surface area contributed by atoms with Crippen LogP contribution in [-0.4, -0.2) is 67.4 Å². The number of aromatic amines is 1. The summed E-state index contributed by atoms with van der Waals surface area (Å²) in [4.78, 5) is 30.8. The highest BCUT2D eigenvalue weighted by Gasteiger charge is 2.37. The van der Waals surface area contributed by atoms with Crippen LogP contribution in [0.15, 0.2) is 71.9 Å². The largest absolute Gasteiger partial charge is 0.385 e. The van der Waals surface area contributed by atoms with Gasteiger partial charge in [-0.15, -0.1) is 0 Å². The second-order valence-corrected chi connectivity index (χ2v) is 7.79. The number of carbonyl (C=O) groups is 1. The summed E-state index contributed by atoms with van der Waals surface area (Å²) in [5.74, 6) is -0.216. The Balaban J connectivity index is 1.57. The molecule has 0 radical (unpaired) electrons. The van der Waals surface area contributed by atoms with Crippen LogP contribution in [0.4, 0.5) is 0 Å². The van der Waals surface area contributed by atoms with E-state index in [-0.39, 0.29) is 24.6 Å². The molecule has 0 bridgehead atoms. The van der Waals surface area contributed by atoms with Crippen molar-refractivity contribution >= 4 is 5.91 Å². The smallest absolute Gasteiger partial charge is 0.255 e. The van der Waals surface area contributed by atoms with Gasteiger partial charge in [0.15, 0.2) is 0 Å². The molecule has 0 saturated carbocycles. The van der Waals surface area contributed by atoms with Gasteiger partial charge in [0.2, 0.25) is 5.56 Å². The van der Waals surface area contributed by atoms with E-state index in [0.717, 1.165) is 5.56 Å². The number of hydrogen-bond donors (Lipinski definition) is 2. The normalized spacial score (nSPS) is 20.1. The molecule has 1 atom stereocenters. The number of β-amino-alcohol motifs (C(OH)–C–C–N with tert-alkyl or cyclic N) is 1. The summed E-state index contributed by atoms with van der Waals surface area (Å²) in [5.41, 5.74) is 0.119. The number of rotatable bonds is 5. The van der Waals surface area contributed by atoms with Gasteiger partial charge in [-0.1, -0.05) is 30.3 Å². The maximum atomic E-state index is 13.1. The van der Waals surface area contributed by atoms with Crippen molar-refractivity contribution in [1.82, 2.24) is 24.6 Å². The van der Waals surface area contributed by atoms with E-state index in [0.29, 0.717) is 31.7 Å². The number of benzene rings is 1. The minimum Gasteiger partial charge on any atom is -0.385 e. The Labute approximate surface area is 174 Å². The third-order valence-electron chi connectivity index (χ3n) is 5.27. The third-order valence-corrected chi connectivity index (χ3v) is 5.27. The quantitative estimate of drug-likeness (QED) is 0.657. The molecule has 3 aromatic rings. The second kappa shape index (κ2) is 8.64. The Morgan fingerprint density at radius 2 is 1.93 bits per heavy atom. The highest BCUT2D eigenvalue weighted by Crippen LogP contribution is 2.20. The second-order valence-electron chi connectivity index (χ2n) is 7.79. The van der Waals surface area contributed by atoms with Crippen molar-refractivity contribution in [3.05, 3.63) is 88.6 Å². The zero-order valence-electron chi connectivity index (χ0n) is 16.6. The molecule has 0 spiro atoms. The molecule has 2 aromatic heterocycles. The lowest BCUT2D eigenvalue weighted by atomic mass is 10.0. The summed E-state index contributed by atoms with van der Waals surface area (Å²) >= 11 is 0. The fraction of sp³-hybridized carbons (Fsp3) is 0.318. The predicted molar refractivity (Wildman–Crippen MR) is 112 cm³/mol. The minimum absolute atomic E-state index is 0.177. The predicted octanol–water partition coefficient (Wildman–Crippen LogP) is 0.961. The van der Waals surface area contributed by atoms with Crippen LogP contribution in [-0.2, 0) is 13.1 Å². The molecule has 1 fully saturated rings. The van der Waals surface area contributed by atoms with Gasteiger partial charge in [-0.3, -0.25) is 19.2 Å². The van der Waals surface area contributed by atoms with Gasteiger partial charge in [-0.2, -0.15) is 5.10 Å². The third kappa shape index (κ3) is 4.84. The average molecular weight is 407 g/mol. The molecular weight excluding hydrogens is 382 g/mol. The van der Waals surface area contributed by atoms with Crippen molar-refractivity contribution < 1.29 is 9.90 Å². The molecule has 3 heterocycles. The fourth-order valence-electron chi connectivity index (χ4n) is 3.91. The summed E-state index contributed by atoms with van der Waals surface area (Å²) in [5, 5.41) is 15.8. The molecule has 4 rings (SSSR count). The lowest BCUT2D eigenvalue weighted by molar-refractivity contribution is -0.0184. The Bertz CT molecular complexity index is 1010. The molecule has 0 aliphatic carbocycles. The topological polar surface area (TPSA) is 94.5 Å².